The van der Waals surface area contributed by atoms with Crippen LogP contribution in [0.4, 0.5) is 11.4 Å². The molecule has 2 aromatic rings. The molecule has 22 heavy (non-hydrogen) atoms. The summed E-state index contributed by atoms with van der Waals surface area (Å²) in [6, 6.07) is 12.2. The van der Waals surface area contributed by atoms with Gasteiger partial charge in [0, 0.05) is 21.4 Å². The van der Waals surface area contributed by atoms with Gasteiger partial charge in [0.2, 0.25) is 5.91 Å². The van der Waals surface area contributed by atoms with Crippen molar-refractivity contribution in [2.45, 2.75) is 13.3 Å². The third kappa shape index (κ3) is 4.45. The predicted molar refractivity (Wildman–Crippen MR) is 97.5 cm³/mol. The summed E-state index contributed by atoms with van der Waals surface area (Å²) in [5.41, 5.74) is 1.75. The van der Waals surface area contributed by atoms with Gasteiger partial charge in [-0.1, -0.05) is 18.5 Å². The van der Waals surface area contributed by atoms with E-state index in [1.54, 1.807) is 43.3 Å². The van der Waals surface area contributed by atoms with Crippen molar-refractivity contribution in [2.75, 3.05) is 10.6 Å². The summed E-state index contributed by atoms with van der Waals surface area (Å²) < 4.78 is 0.935. The van der Waals surface area contributed by atoms with E-state index in [1.165, 1.54) is 0 Å². The smallest absolute Gasteiger partial charge is 0.257 e. The third-order valence-corrected chi connectivity index (χ3v) is 3.92. The van der Waals surface area contributed by atoms with E-state index in [0.717, 1.165) is 3.57 Å². The van der Waals surface area contributed by atoms with E-state index in [9.17, 15) is 9.59 Å². The van der Waals surface area contributed by atoms with Gasteiger partial charge in [0.05, 0.1) is 10.6 Å². The monoisotopic (exact) mass is 428 g/mol. The molecule has 2 rings (SSSR count). The summed E-state index contributed by atoms with van der Waals surface area (Å²) in [6.45, 7) is 1.79. The molecule has 6 heteroatoms. The molecule has 0 bridgehead atoms. The molecule has 0 aliphatic heterocycles. The summed E-state index contributed by atoms with van der Waals surface area (Å²) in [4.78, 5) is 23.5. The summed E-state index contributed by atoms with van der Waals surface area (Å²) in [5.74, 6) is -0.323. The maximum absolute atomic E-state index is 12.2. The number of carbonyl (C=O) groups excluding carboxylic acids is 2. The van der Waals surface area contributed by atoms with Gasteiger partial charge in [-0.3, -0.25) is 9.59 Å². The average molecular weight is 429 g/mol. The quantitative estimate of drug-likeness (QED) is 0.702. The lowest BCUT2D eigenvalue weighted by Gasteiger charge is -2.09. The zero-order valence-electron chi connectivity index (χ0n) is 11.8. The number of halogens is 2. The molecule has 0 aromatic heterocycles. The number of benzene rings is 2. The van der Waals surface area contributed by atoms with Crippen molar-refractivity contribution in [3.8, 4) is 0 Å². The van der Waals surface area contributed by atoms with E-state index in [1.807, 2.05) is 6.07 Å². The van der Waals surface area contributed by atoms with Gasteiger partial charge in [-0.2, -0.15) is 0 Å². The van der Waals surface area contributed by atoms with Crippen LogP contribution in [0.15, 0.2) is 42.5 Å². The summed E-state index contributed by atoms with van der Waals surface area (Å²) in [7, 11) is 0. The van der Waals surface area contributed by atoms with E-state index in [4.69, 9.17) is 11.6 Å². The van der Waals surface area contributed by atoms with Crippen molar-refractivity contribution in [3.05, 3.63) is 56.6 Å². The first kappa shape index (κ1) is 16.8. The Hall–Kier alpha value is -1.60. The normalized spacial score (nSPS) is 10.1. The van der Waals surface area contributed by atoms with E-state index < -0.39 is 0 Å². The molecule has 0 aliphatic rings. The van der Waals surface area contributed by atoms with E-state index in [-0.39, 0.29) is 11.8 Å². The molecule has 0 aliphatic carbocycles. The molecule has 0 radical (unpaired) electrons. The first-order valence-electron chi connectivity index (χ1n) is 6.66. The number of anilines is 2. The molecule has 0 atom stereocenters. The topological polar surface area (TPSA) is 58.2 Å². The molecule has 0 spiro atoms. The summed E-state index contributed by atoms with van der Waals surface area (Å²) in [5, 5.41) is 5.94. The van der Waals surface area contributed by atoms with Gasteiger partial charge in [-0.05, 0) is 65.1 Å². The van der Waals surface area contributed by atoms with Crippen LogP contribution in [-0.2, 0) is 4.79 Å². The highest BCUT2D eigenvalue weighted by Gasteiger charge is 2.11. The molecule has 2 aromatic carbocycles. The van der Waals surface area contributed by atoms with Gasteiger partial charge in [0.15, 0.2) is 0 Å². The van der Waals surface area contributed by atoms with E-state index >= 15 is 0 Å². The van der Waals surface area contributed by atoms with E-state index in [2.05, 4.69) is 33.2 Å². The first-order valence-corrected chi connectivity index (χ1v) is 8.11. The Labute approximate surface area is 147 Å². The Kier molecular flexibility index (Phi) is 5.79. The minimum atomic E-state index is -0.270. The molecular weight excluding hydrogens is 415 g/mol. The lowest BCUT2D eigenvalue weighted by molar-refractivity contribution is -0.115. The fourth-order valence-electron chi connectivity index (χ4n) is 1.76. The molecule has 0 saturated carbocycles. The highest BCUT2D eigenvalue weighted by atomic mass is 127. The van der Waals surface area contributed by atoms with Gasteiger partial charge < -0.3 is 10.6 Å². The number of hydrogen-bond acceptors (Lipinski definition) is 2. The van der Waals surface area contributed by atoms with Crippen LogP contribution in [0.1, 0.15) is 23.7 Å². The zero-order chi connectivity index (χ0) is 16.1. The molecule has 0 unspecified atom stereocenters. The molecule has 0 saturated heterocycles. The Bertz CT molecular complexity index is 702. The molecule has 4 nitrogen and oxygen atoms in total. The van der Waals surface area contributed by atoms with Crippen LogP contribution < -0.4 is 10.6 Å². The molecule has 2 N–H and O–H groups in total. The highest BCUT2D eigenvalue weighted by molar-refractivity contribution is 14.1. The Balaban J connectivity index is 2.08. The SMILES string of the molecule is CCC(=O)Nc1ccc(NC(=O)c2cc(I)ccc2Cl)cc1. The minimum Gasteiger partial charge on any atom is -0.326 e. The molecule has 2 amide bonds. The van der Waals surface area contributed by atoms with Crippen LogP contribution in [0.5, 0.6) is 0 Å². The Morgan fingerprint density at radius 2 is 1.64 bits per heavy atom. The average Bonchev–Trinajstić information content (AvgIpc) is 2.51. The summed E-state index contributed by atoms with van der Waals surface area (Å²) in [6.07, 6.45) is 0.420. The molecule has 0 fully saturated rings. The van der Waals surface area contributed by atoms with Crippen molar-refractivity contribution in [3.63, 3.8) is 0 Å². The van der Waals surface area contributed by atoms with Gasteiger partial charge in [-0.25, -0.2) is 0 Å². The third-order valence-electron chi connectivity index (χ3n) is 2.92. The Morgan fingerprint density at radius 3 is 2.23 bits per heavy atom. The second kappa shape index (κ2) is 7.60. The van der Waals surface area contributed by atoms with Crippen molar-refractivity contribution in [1.82, 2.24) is 0 Å². The Morgan fingerprint density at radius 1 is 1.05 bits per heavy atom. The van der Waals surface area contributed by atoms with Crippen molar-refractivity contribution in [2.24, 2.45) is 0 Å². The minimum absolute atomic E-state index is 0.0533. The zero-order valence-corrected chi connectivity index (χ0v) is 14.7. The fraction of sp³-hybridized carbons (Fsp3) is 0.125. The van der Waals surface area contributed by atoms with Crippen LogP contribution in [-0.4, -0.2) is 11.8 Å². The fourth-order valence-corrected chi connectivity index (χ4v) is 2.45. The maximum atomic E-state index is 12.2. The van der Waals surface area contributed by atoms with Crippen LogP contribution >= 0.6 is 34.2 Å². The van der Waals surface area contributed by atoms with Gasteiger partial charge in [-0.15, -0.1) is 0 Å². The number of hydrogen-bond donors (Lipinski definition) is 2. The second-order valence-corrected chi connectivity index (χ2v) is 6.21. The van der Waals surface area contributed by atoms with Crippen LogP contribution in [0.2, 0.25) is 5.02 Å². The second-order valence-electron chi connectivity index (χ2n) is 4.56. The number of nitrogens with one attached hydrogen (secondary N) is 2. The van der Waals surface area contributed by atoms with Crippen molar-refractivity contribution in [1.29, 1.82) is 0 Å². The van der Waals surface area contributed by atoms with Gasteiger partial charge in [0.25, 0.3) is 5.91 Å². The highest BCUT2D eigenvalue weighted by Crippen LogP contribution is 2.21. The first-order chi connectivity index (χ1) is 10.5. The molecule has 0 heterocycles. The number of carbonyl (C=O) groups is 2. The predicted octanol–water partition coefficient (Wildman–Crippen LogP) is 4.55. The standard InChI is InChI=1S/C16H14ClIN2O2/c1-2-15(21)19-11-4-6-12(7-5-11)20-16(22)13-9-10(18)3-8-14(13)17/h3-9H,2H2,1H3,(H,19,21)(H,20,22). The maximum Gasteiger partial charge on any atom is 0.257 e. The lowest BCUT2D eigenvalue weighted by Crippen LogP contribution is -2.13. The lowest BCUT2D eigenvalue weighted by atomic mass is 10.2. The largest absolute Gasteiger partial charge is 0.326 e. The van der Waals surface area contributed by atoms with Crippen LogP contribution in [0.3, 0.4) is 0 Å². The van der Waals surface area contributed by atoms with E-state index in [0.29, 0.717) is 28.4 Å². The van der Waals surface area contributed by atoms with Crippen molar-refractivity contribution >= 4 is 57.4 Å². The van der Waals surface area contributed by atoms with Crippen molar-refractivity contribution < 1.29 is 9.59 Å². The van der Waals surface area contributed by atoms with Gasteiger partial charge >= 0.3 is 0 Å². The van der Waals surface area contributed by atoms with Gasteiger partial charge in [0.1, 0.15) is 0 Å². The van der Waals surface area contributed by atoms with Crippen LogP contribution in [0, 0.1) is 3.57 Å². The number of amides is 2. The number of rotatable bonds is 4. The van der Waals surface area contributed by atoms with Crippen LogP contribution in [0.25, 0.3) is 0 Å². The molecular formula is C16H14ClIN2O2. The molecule has 114 valence electrons. The summed E-state index contributed by atoms with van der Waals surface area (Å²) >= 11 is 8.17.